The highest BCUT2D eigenvalue weighted by Crippen LogP contribution is 2.44. The van der Waals surface area contributed by atoms with Crippen molar-refractivity contribution >= 4 is 32.6 Å². The Morgan fingerprint density at radius 1 is 0.407 bits per heavy atom. The Morgan fingerprint density at radius 3 is 1.31 bits per heavy atom. The molecule has 0 saturated heterocycles. The predicted octanol–water partition coefficient (Wildman–Crippen LogP) is 14.6. The van der Waals surface area contributed by atoms with E-state index >= 15 is 0 Å². The highest BCUT2D eigenvalue weighted by Gasteiger charge is 2.17. The number of rotatable bonds is 5. The van der Waals surface area contributed by atoms with E-state index in [1.807, 2.05) is 19.9 Å². The Bertz CT molecular complexity index is 2680. The van der Waals surface area contributed by atoms with Crippen molar-refractivity contribution in [3.05, 3.63) is 201 Å². The van der Waals surface area contributed by atoms with Crippen molar-refractivity contribution in [2.45, 2.75) is 13.8 Å². The smallest absolute Gasteiger partial charge is 0.140 e. The number of nitrogens with zero attached hydrogens (tertiary/aromatic N) is 2. The molecule has 9 rings (SSSR count). The van der Waals surface area contributed by atoms with E-state index in [0.717, 1.165) is 28.0 Å². The summed E-state index contributed by atoms with van der Waals surface area (Å²) in [6.45, 7) is 10.5. The summed E-state index contributed by atoms with van der Waals surface area (Å²) >= 11 is 0. The Morgan fingerprint density at radius 2 is 0.796 bits per heavy atom. The van der Waals surface area contributed by atoms with Crippen molar-refractivity contribution in [3.8, 4) is 55.9 Å². The number of aryl methyl sites for hydroxylation is 1. The van der Waals surface area contributed by atoms with Gasteiger partial charge < -0.3 is 4.57 Å². The summed E-state index contributed by atoms with van der Waals surface area (Å²) in [7, 11) is 2.09. The summed E-state index contributed by atoms with van der Waals surface area (Å²) in [4.78, 5) is 5.01. The van der Waals surface area contributed by atoms with E-state index in [2.05, 4.69) is 195 Å². The molecule has 0 bridgehead atoms. The average molecular weight is 697 g/mol. The van der Waals surface area contributed by atoms with E-state index in [0.29, 0.717) is 0 Å². The Kier molecular flexibility index (Phi) is 10.7. The molecular formula is C52H44N2. The van der Waals surface area contributed by atoms with Crippen LogP contribution in [0.5, 0.6) is 0 Å². The van der Waals surface area contributed by atoms with Gasteiger partial charge in [-0.1, -0.05) is 170 Å². The van der Waals surface area contributed by atoms with Crippen molar-refractivity contribution in [2.75, 3.05) is 0 Å². The van der Waals surface area contributed by atoms with Crippen LogP contribution in [0.15, 0.2) is 201 Å². The fourth-order valence-corrected chi connectivity index (χ4v) is 7.27. The van der Waals surface area contributed by atoms with Gasteiger partial charge in [0.25, 0.3) is 0 Å². The van der Waals surface area contributed by atoms with E-state index in [9.17, 15) is 0 Å². The molecule has 0 aliphatic heterocycles. The molecule has 0 amide bonds. The largest absolute Gasteiger partial charge is 0.327 e. The van der Waals surface area contributed by atoms with Gasteiger partial charge in [-0.15, -0.1) is 13.2 Å². The number of allylic oxidation sites excluding steroid dienone is 2. The van der Waals surface area contributed by atoms with Gasteiger partial charge in [0, 0.05) is 12.6 Å². The molecular weight excluding hydrogens is 653 g/mol. The summed E-state index contributed by atoms with van der Waals surface area (Å²) in [5.41, 5.74) is 13.0. The SMILES string of the molecule is C=CC.C=CC.Cn1c(-c2ccccc2)nc2cc(-c3ccc(-c4ccc5c(-c6ccccc6)c6ccccc6c(-c6ccccc6)c5c4)cc3)ccc21. The van der Waals surface area contributed by atoms with Crippen LogP contribution in [0.1, 0.15) is 13.8 Å². The predicted molar refractivity (Wildman–Crippen MR) is 235 cm³/mol. The second kappa shape index (κ2) is 16.3. The van der Waals surface area contributed by atoms with Crippen molar-refractivity contribution in [1.29, 1.82) is 0 Å². The normalized spacial score (nSPS) is 10.6. The molecule has 8 aromatic carbocycles. The standard InChI is InChI=1S/C46H32N2.2C3H6/c1-48-43-28-26-37(30-42(43)47-46(48)35-17-9-4-10-18-35)32-23-21-31(22-24-32)36-25-27-40-41(29-36)45(34-15-7-3-8-16-34)39-20-12-11-19-38(39)44(40)33-13-5-2-6-14-33;2*1-3-2/h2-30H,1H3;2*3H,1H2,2H3. The van der Waals surface area contributed by atoms with Crippen LogP contribution in [0.4, 0.5) is 0 Å². The highest BCUT2D eigenvalue weighted by atomic mass is 15.1. The first kappa shape index (κ1) is 35.6. The van der Waals surface area contributed by atoms with Gasteiger partial charge in [0.1, 0.15) is 5.82 Å². The van der Waals surface area contributed by atoms with E-state index in [4.69, 9.17) is 4.98 Å². The Labute approximate surface area is 319 Å². The number of aromatic nitrogens is 2. The monoisotopic (exact) mass is 696 g/mol. The molecule has 1 aromatic heterocycles. The summed E-state index contributed by atoms with van der Waals surface area (Å²) < 4.78 is 2.17. The third-order valence-electron chi connectivity index (χ3n) is 9.61. The average Bonchev–Trinajstić information content (AvgIpc) is 3.56. The van der Waals surface area contributed by atoms with Gasteiger partial charge in [-0.3, -0.25) is 0 Å². The quantitative estimate of drug-likeness (QED) is 0.129. The van der Waals surface area contributed by atoms with Crippen LogP contribution in [0.25, 0.3) is 88.5 Å². The molecule has 0 aliphatic rings. The van der Waals surface area contributed by atoms with Gasteiger partial charge in [0.15, 0.2) is 0 Å². The van der Waals surface area contributed by atoms with Crippen molar-refractivity contribution < 1.29 is 0 Å². The number of benzene rings is 8. The summed E-state index contributed by atoms with van der Waals surface area (Å²) in [5, 5.41) is 5.06. The summed E-state index contributed by atoms with van der Waals surface area (Å²) in [6, 6.07) is 63.4. The van der Waals surface area contributed by atoms with Crippen LogP contribution >= 0.6 is 0 Å². The van der Waals surface area contributed by atoms with Crippen LogP contribution in [0.2, 0.25) is 0 Å². The van der Waals surface area contributed by atoms with Gasteiger partial charge >= 0.3 is 0 Å². The molecule has 0 unspecified atom stereocenters. The molecule has 0 fully saturated rings. The van der Waals surface area contributed by atoms with E-state index in [-0.39, 0.29) is 0 Å². The number of hydrogen-bond acceptors (Lipinski definition) is 1. The Balaban J connectivity index is 0.000000706. The molecule has 54 heavy (non-hydrogen) atoms. The summed E-state index contributed by atoms with van der Waals surface area (Å²) in [6.07, 6.45) is 3.50. The maximum atomic E-state index is 5.01. The lowest BCUT2D eigenvalue weighted by atomic mass is 9.85. The first-order chi connectivity index (χ1) is 26.6. The molecule has 0 saturated carbocycles. The van der Waals surface area contributed by atoms with Crippen LogP contribution < -0.4 is 0 Å². The Hall–Kier alpha value is -6.77. The first-order valence-electron chi connectivity index (χ1n) is 18.4. The summed E-state index contributed by atoms with van der Waals surface area (Å²) in [5.74, 6) is 0.979. The van der Waals surface area contributed by atoms with Crippen LogP contribution in [-0.2, 0) is 7.05 Å². The topological polar surface area (TPSA) is 17.8 Å². The lowest BCUT2D eigenvalue weighted by Gasteiger charge is -2.18. The maximum absolute atomic E-state index is 5.01. The van der Waals surface area contributed by atoms with Crippen molar-refractivity contribution in [2.24, 2.45) is 7.05 Å². The minimum absolute atomic E-state index is 0.979. The minimum atomic E-state index is 0.979. The van der Waals surface area contributed by atoms with Gasteiger partial charge in [-0.05, 0) is 98.1 Å². The van der Waals surface area contributed by atoms with Gasteiger partial charge in [-0.2, -0.15) is 0 Å². The molecule has 0 aliphatic carbocycles. The highest BCUT2D eigenvalue weighted by molar-refractivity contribution is 6.22. The minimum Gasteiger partial charge on any atom is -0.327 e. The van der Waals surface area contributed by atoms with Crippen LogP contribution in [0.3, 0.4) is 0 Å². The molecule has 0 radical (unpaired) electrons. The van der Waals surface area contributed by atoms with Gasteiger partial charge in [0.05, 0.1) is 11.0 Å². The second-order valence-corrected chi connectivity index (χ2v) is 13.2. The molecule has 0 spiro atoms. The number of fused-ring (bicyclic) bond motifs is 3. The molecule has 9 aromatic rings. The van der Waals surface area contributed by atoms with Crippen molar-refractivity contribution in [1.82, 2.24) is 9.55 Å². The second-order valence-electron chi connectivity index (χ2n) is 13.2. The molecule has 2 nitrogen and oxygen atoms in total. The first-order valence-corrected chi connectivity index (χ1v) is 18.4. The molecule has 0 N–H and O–H groups in total. The fourth-order valence-electron chi connectivity index (χ4n) is 7.27. The zero-order valence-electron chi connectivity index (χ0n) is 31.2. The van der Waals surface area contributed by atoms with E-state index in [1.54, 1.807) is 12.2 Å². The maximum Gasteiger partial charge on any atom is 0.140 e. The zero-order valence-corrected chi connectivity index (χ0v) is 31.2. The number of imidazole rings is 1. The lowest BCUT2D eigenvalue weighted by molar-refractivity contribution is 0.959. The van der Waals surface area contributed by atoms with Crippen LogP contribution in [-0.4, -0.2) is 9.55 Å². The molecule has 262 valence electrons. The zero-order chi connectivity index (χ0) is 37.4. The van der Waals surface area contributed by atoms with Crippen LogP contribution in [0, 0.1) is 0 Å². The molecule has 0 atom stereocenters. The third-order valence-corrected chi connectivity index (χ3v) is 9.61. The number of hydrogen-bond donors (Lipinski definition) is 0. The fraction of sp³-hybridized carbons (Fsp3) is 0.0577. The van der Waals surface area contributed by atoms with Gasteiger partial charge in [0.2, 0.25) is 0 Å². The van der Waals surface area contributed by atoms with E-state index in [1.165, 1.54) is 60.5 Å². The van der Waals surface area contributed by atoms with Crippen molar-refractivity contribution in [3.63, 3.8) is 0 Å². The molecule has 2 heteroatoms. The van der Waals surface area contributed by atoms with Gasteiger partial charge in [-0.25, -0.2) is 4.98 Å². The third kappa shape index (κ3) is 7.02. The molecule has 1 heterocycles. The van der Waals surface area contributed by atoms with E-state index < -0.39 is 0 Å². The lowest BCUT2D eigenvalue weighted by Crippen LogP contribution is -1.92.